The Bertz CT molecular complexity index is 407. The summed E-state index contributed by atoms with van der Waals surface area (Å²) in [6, 6.07) is 1.59. The predicted molar refractivity (Wildman–Crippen MR) is 60.8 cm³/mol. The molecule has 0 fully saturated rings. The number of carboxylic acid groups (broad SMARTS) is 1. The fraction of sp³-hybridized carbons (Fsp3) is 0.182. The van der Waals surface area contributed by atoms with E-state index in [2.05, 4.69) is 12.6 Å². The zero-order chi connectivity index (χ0) is 12.1. The third-order valence-corrected chi connectivity index (χ3v) is 2.16. The van der Waals surface area contributed by atoms with Crippen molar-refractivity contribution in [3.63, 3.8) is 0 Å². The number of rotatable bonds is 4. The average Bonchev–Trinajstić information content (AvgIpc) is 2.21. The van der Waals surface area contributed by atoms with Crippen molar-refractivity contribution in [2.75, 3.05) is 5.75 Å². The minimum absolute atomic E-state index is 0.230. The molecule has 0 spiro atoms. The number of benzene rings is 1. The number of thiol groups is 1. The van der Waals surface area contributed by atoms with Gasteiger partial charge in [0.2, 0.25) is 0 Å². The Hall–Kier alpha value is -1.36. The molecule has 0 saturated heterocycles. The zero-order valence-corrected chi connectivity index (χ0v) is 9.18. The quantitative estimate of drug-likeness (QED) is 0.799. The first kappa shape index (κ1) is 12.7. The minimum Gasteiger partial charge on any atom is -0.478 e. The van der Waals surface area contributed by atoms with E-state index in [1.807, 2.05) is 0 Å². The van der Waals surface area contributed by atoms with Gasteiger partial charge in [-0.05, 0) is 24.3 Å². The maximum atomic E-state index is 13.3. The third kappa shape index (κ3) is 3.06. The van der Waals surface area contributed by atoms with Gasteiger partial charge in [-0.1, -0.05) is 12.2 Å². The Morgan fingerprint density at radius 2 is 1.94 bits per heavy atom. The lowest BCUT2D eigenvalue weighted by Gasteiger charge is -2.01. The van der Waals surface area contributed by atoms with E-state index in [1.54, 1.807) is 6.08 Å². The highest BCUT2D eigenvalue weighted by Crippen LogP contribution is 2.17. The number of halogens is 2. The molecule has 86 valence electrons. The lowest BCUT2D eigenvalue weighted by atomic mass is 10.1. The van der Waals surface area contributed by atoms with Crippen molar-refractivity contribution in [2.45, 2.75) is 6.42 Å². The molecule has 2 nitrogen and oxygen atoms in total. The van der Waals surface area contributed by atoms with Gasteiger partial charge in [0.1, 0.15) is 11.6 Å². The van der Waals surface area contributed by atoms with Crippen LogP contribution in [0.15, 0.2) is 18.2 Å². The summed E-state index contributed by atoms with van der Waals surface area (Å²) in [5.41, 5.74) is -0.631. The average molecular weight is 244 g/mol. The molecular weight excluding hydrogens is 234 g/mol. The number of carboxylic acids is 1. The number of aromatic carboxylic acids is 1. The summed E-state index contributed by atoms with van der Waals surface area (Å²) < 4.78 is 26.6. The Morgan fingerprint density at radius 1 is 1.38 bits per heavy atom. The summed E-state index contributed by atoms with van der Waals surface area (Å²) in [6.07, 6.45) is 3.45. The van der Waals surface area contributed by atoms with Gasteiger partial charge in [-0.3, -0.25) is 0 Å². The highest BCUT2D eigenvalue weighted by atomic mass is 32.1. The number of hydrogen-bond acceptors (Lipinski definition) is 2. The monoisotopic (exact) mass is 244 g/mol. The van der Waals surface area contributed by atoms with Gasteiger partial charge in [-0.2, -0.15) is 12.6 Å². The normalized spacial score (nSPS) is 10.9. The molecule has 0 aliphatic rings. The molecule has 1 N–H and O–H groups in total. The molecule has 5 heteroatoms. The summed E-state index contributed by atoms with van der Waals surface area (Å²) in [5, 5.41) is 8.58. The van der Waals surface area contributed by atoms with E-state index in [9.17, 15) is 13.6 Å². The van der Waals surface area contributed by atoms with Crippen LogP contribution in [0, 0.1) is 11.6 Å². The van der Waals surface area contributed by atoms with Crippen molar-refractivity contribution < 1.29 is 18.7 Å². The van der Waals surface area contributed by atoms with E-state index in [4.69, 9.17) is 5.11 Å². The van der Waals surface area contributed by atoms with Crippen LogP contribution in [0.2, 0.25) is 0 Å². The van der Waals surface area contributed by atoms with Gasteiger partial charge in [0.05, 0.1) is 5.56 Å². The molecule has 0 atom stereocenters. The molecule has 0 heterocycles. The highest BCUT2D eigenvalue weighted by Gasteiger charge is 2.12. The minimum atomic E-state index is -1.36. The molecule has 0 aliphatic heterocycles. The predicted octanol–water partition coefficient (Wildman–Crippen LogP) is 3.00. The van der Waals surface area contributed by atoms with Crippen molar-refractivity contribution in [3.05, 3.63) is 41.0 Å². The zero-order valence-electron chi connectivity index (χ0n) is 8.28. The van der Waals surface area contributed by atoms with Crippen molar-refractivity contribution in [1.29, 1.82) is 0 Å². The largest absolute Gasteiger partial charge is 0.478 e. The number of allylic oxidation sites excluding steroid dienone is 1. The number of hydrogen-bond donors (Lipinski definition) is 2. The van der Waals surface area contributed by atoms with Crippen molar-refractivity contribution >= 4 is 24.7 Å². The molecule has 0 amide bonds. The Kier molecular flexibility index (Phi) is 4.49. The van der Waals surface area contributed by atoms with Gasteiger partial charge in [-0.15, -0.1) is 0 Å². The van der Waals surface area contributed by atoms with E-state index in [0.29, 0.717) is 12.2 Å². The number of carbonyl (C=O) groups is 1. The molecule has 0 bridgehead atoms. The van der Waals surface area contributed by atoms with Crippen LogP contribution in [0.1, 0.15) is 22.3 Å². The van der Waals surface area contributed by atoms with E-state index < -0.39 is 23.2 Å². The lowest BCUT2D eigenvalue weighted by Crippen LogP contribution is -2.00. The Labute approximate surface area is 97.0 Å². The van der Waals surface area contributed by atoms with Crippen LogP contribution < -0.4 is 0 Å². The topological polar surface area (TPSA) is 37.3 Å². The summed E-state index contributed by atoms with van der Waals surface area (Å²) in [7, 11) is 0. The van der Waals surface area contributed by atoms with E-state index >= 15 is 0 Å². The lowest BCUT2D eigenvalue weighted by molar-refractivity contribution is 0.0695. The fourth-order valence-electron chi connectivity index (χ4n) is 1.14. The van der Waals surface area contributed by atoms with Gasteiger partial charge in [0, 0.05) is 5.56 Å². The molecule has 0 aromatic heterocycles. The van der Waals surface area contributed by atoms with Gasteiger partial charge < -0.3 is 5.11 Å². The molecule has 1 rings (SSSR count). The van der Waals surface area contributed by atoms with Gasteiger partial charge in [0.15, 0.2) is 0 Å². The molecule has 1 aromatic rings. The summed E-state index contributed by atoms with van der Waals surface area (Å²) >= 11 is 3.95. The molecular formula is C11H10F2O2S. The molecule has 16 heavy (non-hydrogen) atoms. The van der Waals surface area contributed by atoms with Crippen molar-refractivity contribution in [1.82, 2.24) is 0 Å². The van der Waals surface area contributed by atoms with Gasteiger partial charge in [-0.25, -0.2) is 13.6 Å². The maximum absolute atomic E-state index is 13.3. The summed E-state index contributed by atoms with van der Waals surface area (Å²) in [5.74, 6) is -2.54. The highest BCUT2D eigenvalue weighted by molar-refractivity contribution is 7.80. The van der Waals surface area contributed by atoms with Crippen LogP contribution in [0.4, 0.5) is 8.78 Å². The molecule has 0 aliphatic carbocycles. The second-order valence-electron chi connectivity index (χ2n) is 3.07. The first-order chi connectivity index (χ1) is 7.56. The fourth-order valence-corrected chi connectivity index (χ4v) is 1.29. The van der Waals surface area contributed by atoms with Crippen LogP contribution in [-0.4, -0.2) is 16.8 Å². The molecule has 0 radical (unpaired) electrons. The second-order valence-corrected chi connectivity index (χ2v) is 3.52. The molecule has 1 aromatic carbocycles. The van der Waals surface area contributed by atoms with Crippen molar-refractivity contribution in [2.24, 2.45) is 0 Å². The summed E-state index contributed by atoms with van der Waals surface area (Å²) in [4.78, 5) is 10.5. The smallest absolute Gasteiger partial charge is 0.335 e. The van der Waals surface area contributed by atoms with Gasteiger partial charge in [0.25, 0.3) is 0 Å². The first-order valence-corrected chi connectivity index (χ1v) is 5.19. The Balaban J connectivity index is 3.07. The van der Waals surface area contributed by atoms with E-state index in [1.165, 1.54) is 6.08 Å². The van der Waals surface area contributed by atoms with Crippen LogP contribution in [0.25, 0.3) is 6.08 Å². The van der Waals surface area contributed by atoms with Crippen LogP contribution in [0.5, 0.6) is 0 Å². The molecule has 0 unspecified atom stereocenters. The third-order valence-electron chi connectivity index (χ3n) is 1.91. The van der Waals surface area contributed by atoms with Gasteiger partial charge >= 0.3 is 5.97 Å². The van der Waals surface area contributed by atoms with Crippen LogP contribution >= 0.6 is 12.6 Å². The van der Waals surface area contributed by atoms with E-state index in [0.717, 1.165) is 12.1 Å². The van der Waals surface area contributed by atoms with Crippen LogP contribution in [-0.2, 0) is 0 Å². The standard InChI is InChI=1S/C11H10F2O2S/c12-9-5-7(11(14)15)6-10(13)8(9)3-1-2-4-16/h1,3,5-6,16H,2,4H2,(H,14,15). The van der Waals surface area contributed by atoms with Crippen molar-refractivity contribution in [3.8, 4) is 0 Å². The summed E-state index contributed by atoms with van der Waals surface area (Å²) in [6.45, 7) is 0. The second kappa shape index (κ2) is 5.65. The first-order valence-electron chi connectivity index (χ1n) is 4.56. The maximum Gasteiger partial charge on any atom is 0.335 e. The Morgan fingerprint density at radius 3 is 2.38 bits per heavy atom. The molecule has 0 saturated carbocycles. The van der Waals surface area contributed by atoms with Crippen LogP contribution in [0.3, 0.4) is 0 Å². The van der Waals surface area contributed by atoms with E-state index in [-0.39, 0.29) is 5.56 Å². The SMILES string of the molecule is O=C(O)c1cc(F)c(C=CCCS)c(F)c1.